The van der Waals surface area contributed by atoms with Gasteiger partial charge in [-0.15, -0.1) is 0 Å². The SMILES string of the molecule is O=C(O)c1cccc(OCC(F)(F)F)[nH+]1. The number of halogens is 3. The summed E-state index contributed by atoms with van der Waals surface area (Å²) in [6, 6.07) is 3.70. The van der Waals surface area contributed by atoms with Crippen LogP contribution in [0.1, 0.15) is 10.5 Å². The van der Waals surface area contributed by atoms with Gasteiger partial charge < -0.3 is 9.84 Å². The molecule has 0 aliphatic carbocycles. The molecule has 15 heavy (non-hydrogen) atoms. The van der Waals surface area contributed by atoms with Crippen molar-refractivity contribution in [3.05, 3.63) is 23.9 Å². The molecule has 0 fully saturated rings. The molecule has 0 saturated carbocycles. The molecule has 0 aliphatic rings. The molecule has 0 aliphatic heterocycles. The molecule has 7 heteroatoms. The maximum atomic E-state index is 11.7. The molecule has 0 saturated heterocycles. The Morgan fingerprint density at radius 1 is 1.47 bits per heavy atom. The Labute approximate surface area is 82.3 Å². The Bertz CT molecular complexity index is 364. The van der Waals surface area contributed by atoms with E-state index in [-0.39, 0.29) is 11.6 Å². The van der Waals surface area contributed by atoms with E-state index in [1.807, 2.05) is 0 Å². The molecule has 0 amide bonds. The highest BCUT2D eigenvalue weighted by Crippen LogP contribution is 2.15. The Balaban J connectivity index is 2.70. The number of H-pyrrole nitrogens is 1. The van der Waals surface area contributed by atoms with Gasteiger partial charge in [-0.1, -0.05) is 0 Å². The van der Waals surface area contributed by atoms with Gasteiger partial charge in [-0.05, 0) is 6.07 Å². The van der Waals surface area contributed by atoms with Gasteiger partial charge in [0.05, 0.1) is 6.07 Å². The minimum atomic E-state index is -4.45. The van der Waals surface area contributed by atoms with Crippen LogP contribution < -0.4 is 9.72 Å². The lowest BCUT2D eigenvalue weighted by Crippen LogP contribution is -2.25. The number of aromatic amines is 1. The third-order valence-corrected chi connectivity index (χ3v) is 1.39. The van der Waals surface area contributed by atoms with E-state index in [4.69, 9.17) is 5.11 Å². The van der Waals surface area contributed by atoms with E-state index >= 15 is 0 Å². The number of hydrogen-bond donors (Lipinski definition) is 1. The van der Waals surface area contributed by atoms with Gasteiger partial charge in [0.1, 0.15) is 0 Å². The number of aromatic nitrogens is 1. The lowest BCUT2D eigenvalue weighted by atomic mass is 10.3. The van der Waals surface area contributed by atoms with Crippen molar-refractivity contribution in [2.75, 3.05) is 6.61 Å². The molecular weight excluding hydrogens is 215 g/mol. The summed E-state index contributed by atoms with van der Waals surface area (Å²) in [5.41, 5.74) is -0.241. The summed E-state index contributed by atoms with van der Waals surface area (Å²) in [5.74, 6) is -1.51. The summed E-state index contributed by atoms with van der Waals surface area (Å²) in [7, 11) is 0. The highest BCUT2D eigenvalue weighted by atomic mass is 19.4. The Morgan fingerprint density at radius 2 is 2.13 bits per heavy atom. The van der Waals surface area contributed by atoms with Crippen molar-refractivity contribution in [3.8, 4) is 5.88 Å². The fourth-order valence-electron chi connectivity index (χ4n) is 0.816. The molecule has 0 aromatic carbocycles. The predicted octanol–water partition coefficient (Wildman–Crippen LogP) is 1.14. The number of hydrogen-bond acceptors (Lipinski definition) is 2. The number of ether oxygens (including phenoxy) is 1. The fourth-order valence-corrected chi connectivity index (χ4v) is 0.816. The molecule has 1 rings (SSSR count). The summed E-state index contributed by atoms with van der Waals surface area (Å²) in [6.45, 7) is -1.47. The zero-order chi connectivity index (χ0) is 11.5. The zero-order valence-corrected chi connectivity index (χ0v) is 7.34. The molecule has 0 radical (unpaired) electrons. The average molecular weight is 222 g/mol. The highest BCUT2D eigenvalue weighted by Gasteiger charge is 2.29. The number of carboxylic acids is 1. The number of alkyl halides is 3. The second-order valence-electron chi connectivity index (χ2n) is 2.64. The van der Waals surface area contributed by atoms with Crippen molar-refractivity contribution in [2.45, 2.75) is 6.18 Å². The van der Waals surface area contributed by atoms with Crippen LogP contribution in [-0.4, -0.2) is 23.9 Å². The van der Waals surface area contributed by atoms with Crippen LogP contribution in [0.15, 0.2) is 18.2 Å². The number of pyridine rings is 1. The summed E-state index contributed by atoms with van der Waals surface area (Å²) in [4.78, 5) is 12.6. The maximum Gasteiger partial charge on any atom is 0.422 e. The van der Waals surface area contributed by atoms with Crippen molar-refractivity contribution in [3.63, 3.8) is 0 Å². The van der Waals surface area contributed by atoms with Gasteiger partial charge in [0.15, 0.2) is 6.61 Å². The summed E-state index contributed by atoms with van der Waals surface area (Å²) < 4.78 is 39.6. The van der Waals surface area contributed by atoms with Gasteiger partial charge in [-0.3, -0.25) is 0 Å². The Morgan fingerprint density at radius 3 is 2.67 bits per heavy atom. The van der Waals surface area contributed by atoms with Crippen LogP contribution in [0.2, 0.25) is 0 Å². The lowest BCUT2D eigenvalue weighted by molar-refractivity contribution is -0.402. The average Bonchev–Trinajstić information content (AvgIpc) is 2.14. The predicted molar refractivity (Wildman–Crippen MR) is 41.5 cm³/mol. The normalized spacial score (nSPS) is 11.1. The maximum absolute atomic E-state index is 11.7. The largest absolute Gasteiger partial charge is 0.473 e. The van der Waals surface area contributed by atoms with E-state index in [1.165, 1.54) is 18.2 Å². The van der Waals surface area contributed by atoms with Gasteiger partial charge in [-0.25, -0.2) is 4.79 Å². The standard InChI is InChI=1S/C8H6F3NO3/c9-8(10,11)4-15-6-3-1-2-5(12-6)7(13)14/h1-3H,4H2,(H,13,14)/p+1. The van der Waals surface area contributed by atoms with Crippen LogP contribution in [0.3, 0.4) is 0 Å². The van der Waals surface area contributed by atoms with Crippen molar-refractivity contribution < 1.29 is 32.8 Å². The first-order valence-corrected chi connectivity index (χ1v) is 3.84. The number of rotatable bonds is 3. The molecule has 1 aromatic heterocycles. The van der Waals surface area contributed by atoms with Crippen molar-refractivity contribution >= 4 is 5.97 Å². The summed E-state index contributed by atoms with van der Waals surface area (Å²) in [5, 5.41) is 8.53. The van der Waals surface area contributed by atoms with Crippen molar-refractivity contribution in [1.82, 2.24) is 0 Å². The Kier molecular flexibility index (Phi) is 3.13. The van der Waals surface area contributed by atoms with E-state index in [0.717, 1.165) is 0 Å². The van der Waals surface area contributed by atoms with Crippen LogP contribution in [0.4, 0.5) is 13.2 Å². The smallest absolute Gasteiger partial charge is 0.422 e. The first kappa shape index (κ1) is 11.3. The number of nitrogens with one attached hydrogen (secondary N) is 1. The summed E-state index contributed by atoms with van der Waals surface area (Å²) >= 11 is 0. The molecule has 2 N–H and O–H groups in total. The third kappa shape index (κ3) is 3.84. The number of aromatic carboxylic acids is 1. The van der Waals surface area contributed by atoms with E-state index < -0.39 is 18.8 Å². The second kappa shape index (κ2) is 4.16. The van der Waals surface area contributed by atoms with Gasteiger partial charge in [-0.2, -0.15) is 18.2 Å². The quantitative estimate of drug-likeness (QED) is 0.834. The number of carbonyl (C=O) groups is 1. The molecule has 0 spiro atoms. The van der Waals surface area contributed by atoms with Crippen LogP contribution in [0, 0.1) is 0 Å². The number of carboxylic acid groups (broad SMARTS) is 1. The van der Waals surface area contributed by atoms with Crippen LogP contribution >= 0.6 is 0 Å². The third-order valence-electron chi connectivity index (χ3n) is 1.39. The first-order chi connectivity index (χ1) is 6.88. The molecular formula is C8H7F3NO3+. The van der Waals surface area contributed by atoms with Gasteiger partial charge >= 0.3 is 18.0 Å². The lowest BCUT2D eigenvalue weighted by Gasteiger charge is -2.04. The van der Waals surface area contributed by atoms with Crippen LogP contribution in [0.25, 0.3) is 0 Å². The molecule has 0 unspecified atom stereocenters. The van der Waals surface area contributed by atoms with Gasteiger partial charge in [0, 0.05) is 6.07 Å². The molecule has 1 aromatic rings. The van der Waals surface area contributed by atoms with E-state index in [2.05, 4.69) is 9.72 Å². The van der Waals surface area contributed by atoms with E-state index in [0.29, 0.717) is 0 Å². The topological polar surface area (TPSA) is 60.7 Å². The van der Waals surface area contributed by atoms with Gasteiger partial charge in [0.25, 0.3) is 5.69 Å². The minimum Gasteiger partial charge on any atom is -0.473 e. The monoisotopic (exact) mass is 222 g/mol. The molecule has 82 valence electrons. The second-order valence-corrected chi connectivity index (χ2v) is 2.64. The molecule has 0 atom stereocenters. The van der Waals surface area contributed by atoms with Crippen LogP contribution in [-0.2, 0) is 0 Å². The van der Waals surface area contributed by atoms with E-state index in [1.54, 1.807) is 0 Å². The fraction of sp³-hybridized carbons (Fsp3) is 0.250. The molecule has 1 heterocycles. The first-order valence-electron chi connectivity index (χ1n) is 3.84. The van der Waals surface area contributed by atoms with Crippen LogP contribution in [0.5, 0.6) is 5.88 Å². The van der Waals surface area contributed by atoms with Gasteiger partial charge in [0.2, 0.25) is 0 Å². The molecule has 4 nitrogen and oxygen atoms in total. The van der Waals surface area contributed by atoms with Crippen molar-refractivity contribution in [2.24, 2.45) is 0 Å². The molecule has 0 bridgehead atoms. The highest BCUT2D eigenvalue weighted by molar-refractivity contribution is 5.83. The Hall–Kier alpha value is -1.79. The minimum absolute atomic E-state index is 0.241. The zero-order valence-electron chi connectivity index (χ0n) is 7.34. The summed E-state index contributed by atoms with van der Waals surface area (Å²) in [6.07, 6.45) is -4.45. The van der Waals surface area contributed by atoms with E-state index in [9.17, 15) is 18.0 Å². The van der Waals surface area contributed by atoms with Crippen molar-refractivity contribution in [1.29, 1.82) is 0 Å².